The number of pyridine rings is 1. The van der Waals surface area contributed by atoms with Crippen LogP contribution in [0.4, 0.5) is 0 Å². The van der Waals surface area contributed by atoms with Crippen molar-refractivity contribution in [1.82, 2.24) is 4.57 Å². The number of nitrogens with zero attached hydrogens (tertiary/aromatic N) is 1. The van der Waals surface area contributed by atoms with Gasteiger partial charge in [0.15, 0.2) is 6.29 Å². The van der Waals surface area contributed by atoms with Crippen LogP contribution in [-0.2, 0) is 6.54 Å². The average molecular weight is 269 g/mol. The van der Waals surface area contributed by atoms with Crippen molar-refractivity contribution in [3.8, 4) is 11.3 Å². The van der Waals surface area contributed by atoms with Crippen molar-refractivity contribution in [2.45, 2.75) is 33.2 Å². The summed E-state index contributed by atoms with van der Waals surface area (Å²) in [5.41, 5.74) is 3.08. The van der Waals surface area contributed by atoms with Gasteiger partial charge < -0.3 is 4.57 Å². The molecule has 1 heterocycles. The quantitative estimate of drug-likeness (QED) is 0.797. The van der Waals surface area contributed by atoms with Gasteiger partial charge in [0.1, 0.15) is 0 Å². The molecule has 0 fully saturated rings. The van der Waals surface area contributed by atoms with Crippen LogP contribution in [0.25, 0.3) is 11.3 Å². The molecule has 0 amide bonds. The Hall–Kier alpha value is -2.16. The lowest BCUT2D eigenvalue weighted by molar-refractivity contribution is 0.112. The highest BCUT2D eigenvalue weighted by Crippen LogP contribution is 2.22. The van der Waals surface area contributed by atoms with E-state index in [1.165, 1.54) is 5.56 Å². The molecule has 0 aliphatic carbocycles. The maximum atomic E-state index is 12.1. The predicted octanol–water partition coefficient (Wildman–Crippen LogP) is 3.47. The average Bonchev–Trinajstić information content (AvgIpc) is 2.47. The second-order valence-corrected chi connectivity index (χ2v) is 5.12. The van der Waals surface area contributed by atoms with Crippen molar-refractivity contribution in [3.05, 3.63) is 57.9 Å². The Bertz CT molecular complexity index is 666. The number of hydrogen-bond acceptors (Lipinski definition) is 2. The zero-order valence-corrected chi connectivity index (χ0v) is 12.1. The molecule has 1 aromatic heterocycles. The van der Waals surface area contributed by atoms with Crippen LogP contribution in [0.1, 0.15) is 42.6 Å². The van der Waals surface area contributed by atoms with E-state index in [1.807, 2.05) is 25.1 Å². The van der Waals surface area contributed by atoms with Gasteiger partial charge in [-0.3, -0.25) is 9.59 Å². The van der Waals surface area contributed by atoms with E-state index in [4.69, 9.17) is 0 Å². The monoisotopic (exact) mass is 269 g/mol. The Morgan fingerprint density at radius 3 is 2.25 bits per heavy atom. The van der Waals surface area contributed by atoms with Crippen LogP contribution in [0.15, 0.2) is 41.2 Å². The molecule has 0 aliphatic rings. The van der Waals surface area contributed by atoms with Crippen molar-refractivity contribution in [2.24, 2.45) is 0 Å². The summed E-state index contributed by atoms with van der Waals surface area (Å²) in [6.45, 7) is 6.75. The van der Waals surface area contributed by atoms with Crippen LogP contribution in [0, 0.1) is 0 Å². The van der Waals surface area contributed by atoms with E-state index in [0.717, 1.165) is 11.3 Å². The van der Waals surface area contributed by atoms with E-state index >= 15 is 0 Å². The van der Waals surface area contributed by atoms with Crippen LogP contribution in [-0.4, -0.2) is 10.9 Å². The number of carbonyl (C=O) groups excluding carboxylic acids is 1. The molecule has 0 unspecified atom stereocenters. The van der Waals surface area contributed by atoms with Gasteiger partial charge >= 0.3 is 0 Å². The van der Waals surface area contributed by atoms with Crippen molar-refractivity contribution in [3.63, 3.8) is 0 Å². The van der Waals surface area contributed by atoms with E-state index in [0.29, 0.717) is 18.7 Å². The Balaban J connectivity index is 2.55. The first kappa shape index (κ1) is 14.3. The summed E-state index contributed by atoms with van der Waals surface area (Å²) in [6, 6.07) is 11.6. The lowest BCUT2D eigenvalue weighted by Gasteiger charge is -2.13. The summed E-state index contributed by atoms with van der Waals surface area (Å²) in [4.78, 5) is 23.0. The largest absolute Gasteiger partial charge is 0.308 e. The fourth-order valence-electron chi connectivity index (χ4n) is 2.29. The molecule has 3 heteroatoms. The SMILES string of the molecule is CCn1c(-c2ccc(C(C)C)cc2)ccc(C=O)c1=O. The number of carbonyl (C=O) groups is 1. The topological polar surface area (TPSA) is 39.1 Å². The Labute approximate surface area is 118 Å². The molecule has 0 atom stereocenters. The summed E-state index contributed by atoms with van der Waals surface area (Å²) >= 11 is 0. The standard InChI is InChI=1S/C17H19NO2/c1-4-18-16(10-9-15(11-19)17(18)20)14-7-5-13(6-8-14)12(2)3/h5-12H,4H2,1-3H3. The smallest absolute Gasteiger partial charge is 0.261 e. The molecule has 0 aliphatic heterocycles. The molecule has 0 saturated carbocycles. The molecule has 20 heavy (non-hydrogen) atoms. The molecule has 3 nitrogen and oxygen atoms in total. The van der Waals surface area contributed by atoms with E-state index < -0.39 is 0 Å². The lowest BCUT2D eigenvalue weighted by atomic mass is 10.0. The molecule has 2 rings (SSSR count). The van der Waals surface area contributed by atoms with Gasteiger partial charge in [0.05, 0.1) is 11.3 Å². The minimum Gasteiger partial charge on any atom is -0.308 e. The first-order valence-electron chi connectivity index (χ1n) is 6.87. The van der Waals surface area contributed by atoms with Crippen molar-refractivity contribution in [2.75, 3.05) is 0 Å². The summed E-state index contributed by atoms with van der Waals surface area (Å²) in [5.74, 6) is 0.481. The number of aldehydes is 1. The van der Waals surface area contributed by atoms with E-state index in [2.05, 4.69) is 26.0 Å². The summed E-state index contributed by atoms with van der Waals surface area (Å²) in [7, 11) is 0. The predicted molar refractivity (Wildman–Crippen MR) is 81.3 cm³/mol. The van der Waals surface area contributed by atoms with Crippen molar-refractivity contribution in [1.29, 1.82) is 0 Å². The zero-order valence-electron chi connectivity index (χ0n) is 12.1. The number of aromatic nitrogens is 1. The third-order valence-electron chi connectivity index (χ3n) is 3.52. The fourth-order valence-corrected chi connectivity index (χ4v) is 2.29. The van der Waals surface area contributed by atoms with Gasteiger partial charge in [0, 0.05) is 6.54 Å². The highest BCUT2D eigenvalue weighted by atomic mass is 16.1. The Kier molecular flexibility index (Phi) is 4.18. The summed E-state index contributed by atoms with van der Waals surface area (Å²) < 4.78 is 1.63. The van der Waals surface area contributed by atoms with Gasteiger partial charge in [-0.05, 0) is 36.1 Å². The number of hydrogen-bond donors (Lipinski definition) is 0. The van der Waals surface area contributed by atoms with Gasteiger partial charge in [-0.25, -0.2) is 0 Å². The normalized spacial score (nSPS) is 10.8. The lowest BCUT2D eigenvalue weighted by Crippen LogP contribution is -2.24. The number of benzene rings is 1. The van der Waals surface area contributed by atoms with Gasteiger partial charge in [0.2, 0.25) is 0 Å². The highest BCUT2D eigenvalue weighted by molar-refractivity contribution is 5.75. The van der Waals surface area contributed by atoms with Crippen LogP contribution < -0.4 is 5.56 Å². The first-order valence-corrected chi connectivity index (χ1v) is 6.87. The van der Waals surface area contributed by atoms with E-state index in [1.54, 1.807) is 10.6 Å². The maximum absolute atomic E-state index is 12.1. The molecule has 0 saturated heterocycles. The van der Waals surface area contributed by atoms with Gasteiger partial charge in [-0.2, -0.15) is 0 Å². The van der Waals surface area contributed by atoms with Gasteiger partial charge in [0.25, 0.3) is 5.56 Å². The molecular weight excluding hydrogens is 250 g/mol. The minimum atomic E-state index is -0.229. The van der Waals surface area contributed by atoms with Crippen LogP contribution in [0.3, 0.4) is 0 Å². The second-order valence-electron chi connectivity index (χ2n) is 5.12. The zero-order chi connectivity index (χ0) is 14.7. The van der Waals surface area contributed by atoms with Crippen LogP contribution in [0.5, 0.6) is 0 Å². The molecule has 0 N–H and O–H groups in total. The maximum Gasteiger partial charge on any atom is 0.261 e. The van der Waals surface area contributed by atoms with Gasteiger partial charge in [-0.1, -0.05) is 38.1 Å². The molecule has 104 valence electrons. The second kappa shape index (κ2) is 5.87. The molecule has 0 bridgehead atoms. The molecule has 1 aromatic carbocycles. The van der Waals surface area contributed by atoms with Crippen LogP contribution in [0.2, 0.25) is 0 Å². The molecular formula is C17H19NO2. The van der Waals surface area contributed by atoms with Crippen LogP contribution >= 0.6 is 0 Å². The van der Waals surface area contributed by atoms with Gasteiger partial charge in [-0.15, -0.1) is 0 Å². The first-order chi connectivity index (χ1) is 9.58. The third-order valence-corrected chi connectivity index (χ3v) is 3.52. The van der Waals surface area contributed by atoms with Crippen molar-refractivity contribution < 1.29 is 4.79 Å². The molecule has 0 radical (unpaired) electrons. The summed E-state index contributed by atoms with van der Waals surface area (Å²) in [6.07, 6.45) is 0.611. The molecule has 2 aromatic rings. The molecule has 0 spiro atoms. The van der Waals surface area contributed by atoms with E-state index in [9.17, 15) is 9.59 Å². The highest BCUT2D eigenvalue weighted by Gasteiger charge is 2.09. The fraction of sp³-hybridized carbons (Fsp3) is 0.294. The summed E-state index contributed by atoms with van der Waals surface area (Å²) in [5, 5.41) is 0. The third kappa shape index (κ3) is 2.57. The number of rotatable bonds is 4. The Morgan fingerprint density at radius 2 is 1.75 bits per heavy atom. The minimum absolute atomic E-state index is 0.203. The van der Waals surface area contributed by atoms with Crippen molar-refractivity contribution >= 4 is 6.29 Å². The van der Waals surface area contributed by atoms with E-state index in [-0.39, 0.29) is 11.1 Å². The Morgan fingerprint density at radius 1 is 1.10 bits per heavy atom.